The summed E-state index contributed by atoms with van der Waals surface area (Å²) in [5, 5.41) is 2.30. The highest BCUT2D eigenvalue weighted by Crippen LogP contribution is 2.50. The molecule has 0 fully saturated rings. The molecule has 0 saturated carbocycles. The normalized spacial score (nSPS) is 14.7. The van der Waals surface area contributed by atoms with Crippen LogP contribution in [0, 0.1) is 6.92 Å². The number of hydrogen-bond acceptors (Lipinski definition) is 2. The first-order valence-corrected chi connectivity index (χ1v) is 11.3. The van der Waals surface area contributed by atoms with E-state index in [9.17, 15) is 0 Å². The highest BCUT2D eigenvalue weighted by Gasteiger charge is 2.30. The Morgan fingerprint density at radius 3 is 2.29 bits per heavy atom. The van der Waals surface area contributed by atoms with Crippen molar-refractivity contribution in [2.75, 3.05) is 0 Å². The number of fused-ring (bicyclic) bond motifs is 2. The second-order valence-corrected chi connectivity index (χ2v) is 10.1. The molecular weight excluding hydrogens is 382 g/mol. The summed E-state index contributed by atoms with van der Waals surface area (Å²) >= 11 is 0. The Morgan fingerprint density at radius 1 is 0.893 bits per heavy atom. The zero-order valence-corrected chi connectivity index (χ0v) is 18.7. The fourth-order valence-corrected chi connectivity index (χ4v) is 5.80. The lowest BCUT2D eigenvalue weighted by Crippen LogP contribution is -2.21. The summed E-state index contributed by atoms with van der Waals surface area (Å²) in [6, 6.07) is 21.2. The summed E-state index contributed by atoms with van der Waals surface area (Å²) in [7, 11) is 3.33. The van der Waals surface area contributed by atoms with E-state index in [4.69, 9.17) is 9.47 Å². The van der Waals surface area contributed by atoms with Gasteiger partial charge in [-0.05, 0) is 31.0 Å². The second-order valence-electron chi connectivity index (χ2n) is 7.58. The number of benzene rings is 3. The molecule has 3 aromatic rings. The van der Waals surface area contributed by atoms with Gasteiger partial charge in [0.1, 0.15) is 0 Å². The molecule has 3 atom stereocenters. The van der Waals surface area contributed by atoms with Crippen molar-refractivity contribution in [3.05, 3.63) is 71.8 Å². The van der Waals surface area contributed by atoms with E-state index in [-0.39, 0.29) is 5.16 Å². The molecule has 0 radical (unpaired) electrons. The van der Waals surface area contributed by atoms with Gasteiger partial charge in [-0.15, -0.1) is 9.24 Å². The third-order valence-electron chi connectivity index (χ3n) is 5.26. The summed E-state index contributed by atoms with van der Waals surface area (Å²) in [4.78, 5) is 0. The molecule has 1 heterocycles. The Balaban J connectivity index is 1.72. The van der Waals surface area contributed by atoms with E-state index >= 15 is 0 Å². The maximum atomic E-state index is 6.38. The van der Waals surface area contributed by atoms with Crippen LogP contribution in [0.25, 0.3) is 0 Å². The molecule has 144 valence electrons. The van der Waals surface area contributed by atoms with Crippen molar-refractivity contribution < 1.29 is 9.47 Å². The quantitative estimate of drug-likeness (QED) is 0.355. The summed E-state index contributed by atoms with van der Waals surface area (Å²) in [5.41, 5.74) is 2.68. The molecule has 3 unspecified atom stereocenters. The van der Waals surface area contributed by atoms with Gasteiger partial charge in [0.05, 0.1) is 0 Å². The van der Waals surface area contributed by atoms with Gasteiger partial charge < -0.3 is 9.47 Å². The van der Waals surface area contributed by atoms with Crippen molar-refractivity contribution >= 4 is 28.4 Å². The van der Waals surface area contributed by atoms with E-state index in [0.29, 0.717) is 8.58 Å². The highest BCUT2D eigenvalue weighted by molar-refractivity contribution is 7.48. The van der Waals surface area contributed by atoms with Gasteiger partial charge in [0.2, 0.25) is 0 Å². The molecule has 1 aliphatic heterocycles. The number of ether oxygens (including phenoxy) is 2. The lowest BCUT2D eigenvalue weighted by Gasteiger charge is -2.32. The predicted molar refractivity (Wildman–Crippen MR) is 124 cm³/mol. The molecule has 0 spiro atoms. The van der Waals surface area contributed by atoms with Gasteiger partial charge in [-0.3, -0.25) is 0 Å². The van der Waals surface area contributed by atoms with Crippen molar-refractivity contribution in [2.45, 2.75) is 38.8 Å². The molecule has 4 rings (SSSR count). The molecule has 0 bridgehead atoms. The van der Waals surface area contributed by atoms with Crippen LogP contribution >= 0.6 is 17.8 Å². The summed E-state index contributed by atoms with van der Waals surface area (Å²) in [6.45, 7) is 6.77. The second kappa shape index (κ2) is 7.86. The van der Waals surface area contributed by atoms with Crippen LogP contribution in [-0.2, 0) is 5.16 Å². The van der Waals surface area contributed by atoms with Crippen LogP contribution in [0.1, 0.15) is 37.8 Å². The Hall–Kier alpha value is -1.88. The van der Waals surface area contributed by atoms with Crippen LogP contribution < -0.4 is 20.1 Å². The topological polar surface area (TPSA) is 18.5 Å². The van der Waals surface area contributed by atoms with Crippen molar-refractivity contribution in [3.63, 3.8) is 0 Å². The Kier molecular flexibility index (Phi) is 5.46. The Morgan fingerprint density at radius 2 is 1.57 bits per heavy atom. The Bertz CT molecular complexity index is 998. The maximum Gasteiger partial charge on any atom is 0.177 e. The molecule has 28 heavy (non-hydrogen) atoms. The van der Waals surface area contributed by atoms with Gasteiger partial charge in [0, 0.05) is 15.8 Å². The SMILES string of the molecule is CCCC(C)(Pc1cccc2c1Oc1c(P)cccc1O2)c1ccc(C)cc1. The van der Waals surface area contributed by atoms with Crippen LogP contribution in [0.2, 0.25) is 0 Å². The molecule has 0 saturated heterocycles. The minimum absolute atomic E-state index is 0.0711. The smallest absolute Gasteiger partial charge is 0.177 e. The van der Waals surface area contributed by atoms with Gasteiger partial charge in [-0.1, -0.05) is 82.9 Å². The van der Waals surface area contributed by atoms with Crippen LogP contribution in [0.4, 0.5) is 0 Å². The minimum Gasteiger partial charge on any atom is -0.449 e. The first-order chi connectivity index (χ1) is 13.5. The molecule has 0 aromatic heterocycles. The number of hydrogen-bond donors (Lipinski definition) is 0. The number of rotatable bonds is 5. The van der Waals surface area contributed by atoms with E-state index in [2.05, 4.69) is 66.4 Å². The molecule has 3 aromatic carbocycles. The van der Waals surface area contributed by atoms with Crippen LogP contribution in [-0.4, -0.2) is 0 Å². The molecule has 1 aliphatic rings. The van der Waals surface area contributed by atoms with Crippen LogP contribution in [0.3, 0.4) is 0 Å². The fourth-order valence-electron chi connectivity index (χ4n) is 3.74. The molecule has 0 N–H and O–H groups in total. The van der Waals surface area contributed by atoms with Gasteiger partial charge in [-0.2, -0.15) is 0 Å². The lowest BCUT2D eigenvalue weighted by molar-refractivity contribution is 0.364. The van der Waals surface area contributed by atoms with Crippen LogP contribution in [0.5, 0.6) is 23.0 Å². The standard InChI is InChI=1S/C24H26O2P2/c1-4-15-24(3,17-13-11-16(2)12-14-17)28-21-10-6-8-19-23(21)26-22-18(25-19)7-5-9-20(22)27/h5-14,28H,4,15,27H2,1-3H3. The number of aryl methyl sites for hydroxylation is 1. The maximum absolute atomic E-state index is 6.38. The molecule has 2 nitrogen and oxygen atoms in total. The Labute approximate surface area is 171 Å². The zero-order valence-electron chi connectivity index (χ0n) is 16.6. The van der Waals surface area contributed by atoms with Gasteiger partial charge in [0.25, 0.3) is 0 Å². The van der Waals surface area contributed by atoms with E-state index in [0.717, 1.165) is 41.1 Å². The zero-order chi connectivity index (χ0) is 19.7. The molecular formula is C24H26O2P2. The van der Waals surface area contributed by atoms with Crippen molar-refractivity contribution in [3.8, 4) is 23.0 Å². The average Bonchev–Trinajstić information content (AvgIpc) is 2.68. The summed E-state index contributed by atoms with van der Waals surface area (Å²) in [5.74, 6) is 3.23. The van der Waals surface area contributed by atoms with E-state index in [1.165, 1.54) is 16.4 Å². The van der Waals surface area contributed by atoms with Crippen LogP contribution in [0.15, 0.2) is 60.7 Å². The fraction of sp³-hybridized carbons (Fsp3) is 0.250. The molecule has 4 heteroatoms. The highest BCUT2D eigenvalue weighted by atomic mass is 31.1. The van der Waals surface area contributed by atoms with E-state index < -0.39 is 0 Å². The van der Waals surface area contributed by atoms with Gasteiger partial charge >= 0.3 is 0 Å². The molecule has 0 amide bonds. The number of para-hydroxylation sites is 2. The monoisotopic (exact) mass is 408 g/mol. The largest absolute Gasteiger partial charge is 0.449 e. The first-order valence-electron chi connectivity index (χ1n) is 9.73. The van der Waals surface area contributed by atoms with Crippen molar-refractivity contribution in [2.24, 2.45) is 0 Å². The lowest BCUT2D eigenvalue weighted by atomic mass is 9.94. The van der Waals surface area contributed by atoms with Crippen molar-refractivity contribution in [1.82, 2.24) is 0 Å². The average molecular weight is 408 g/mol. The third-order valence-corrected chi connectivity index (χ3v) is 7.47. The van der Waals surface area contributed by atoms with E-state index in [1.54, 1.807) is 0 Å². The first kappa shape index (κ1) is 19.4. The predicted octanol–water partition coefficient (Wildman–Crippen LogP) is 6.41. The molecule has 0 aliphatic carbocycles. The summed E-state index contributed by atoms with van der Waals surface area (Å²) < 4.78 is 12.5. The van der Waals surface area contributed by atoms with E-state index in [1.807, 2.05) is 24.3 Å². The minimum atomic E-state index is 0.0711. The van der Waals surface area contributed by atoms with Gasteiger partial charge in [-0.25, -0.2) is 0 Å². The summed E-state index contributed by atoms with van der Waals surface area (Å²) in [6.07, 6.45) is 2.27. The van der Waals surface area contributed by atoms with Gasteiger partial charge in [0.15, 0.2) is 23.0 Å². The van der Waals surface area contributed by atoms with Crippen molar-refractivity contribution in [1.29, 1.82) is 0 Å². The third kappa shape index (κ3) is 3.69.